The van der Waals surface area contributed by atoms with Crippen LogP contribution in [0, 0.1) is 6.92 Å². The van der Waals surface area contributed by atoms with Crippen molar-refractivity contribution in [3.63, 3.8) is 0 Å². The fourth-order valence-corrected chi connectivity index (χ4v) is 4.04. The Kier molecular flexibility index (Phi) is 4.98. The first-order valence-electron chi connectivity index (χ1n) is 10.8. The molecule has 160 valence electrons. The molecule has 7 heteroatoms. The smallest absolute Gasteiger partial charge is 0.265 e. The largest absolute Gasteiger partial charge is 0.489 e. The van der Waals surface area contributed by atoms with Gasteiger partial charge in [0.1, 0.15) is 18.2 Å². The topological polar surface area (TPSA) is 76.5 Å². The molecule has 2 aliphatic rings. The highest BCUT2D eigenvalue weighted by molar-refractivity contribution is 5.95. The lowest BCUT2D eigenvalue weighted by atomic mass is 10.1. The first-order chi connectivity index (χ1) is 15.0. The van der Waals surface area contributed by atoms with Gasteiger partial charge >= 0.3 is 0 Å². The summed E-state index contributed by atoms with van der Waals surface area (Å²) in [5.41, 5.74) is 2.54. The molecule has 1 N–H and O–H groups in total. The van der Waals surface area contributed by atoms with Gasteiger partial charge in [0, 0.05) is 24.7 Å². The third kappa shape index (κ3) is 4.05. The number of ether oxygens (including phenoxy) is 1. The fraction of sp³-hybridized carbons (Fsp3) is 0.375. The summed E-state index contributed by atoms with van der Waals surface area (Å²) in [6.07, 6.45) is 4.69. The van der Waals surface area contributed by atoms with Gasteiger partial charge in [-0.05, 0) is 69.1 Å². The van der Waals surface area contributed by atoms with Gasteiger partial charge in [0.25, 0.3) is 11.5 Å². The van der Waals surface area contributed by atoms with Crippen LogP contribution in [0.3, 0.4) is 0 Å². The number of hydrogen-bond acceptors (Lipinski definition) is 5. The summed E-state index contributed by atoms with van der Waals surface area (Å²) in [6, 6.07) is 11.2. The van der Waals surface area contributed by atoms with E-state index in [0.717, 1.165) is 37.9 Å². The number of likely N-dealkylation sites (tertiary alicyclic amines) is 1. The van der Waals surface area contributed by atoms with E-state index >= 15 is 0 Å². The number of carbonyl (C=O) groups excluding carboxylic acids is 1. The monoisotopic (exact) mass is 418 g/mol. The zero-order valence-corrected chi connectivity index (χ0v) is 17.8. The van der Waals surface area contributed by atoms with Crippen molar-refractivity contribution in [3.05, 3.63) is 64.2 Å². The predicted molar refractivity (Wildman–Crippen MR) is 119 cm³/mol. The van der Waals surface area contributed by atoms with E-state index in [1.54, 1.807) is 18.2 Å². The first-order valence-corrected chi connectivity index (χ1v) is 10.8. The maximum absolute atomic E-state index is 13.4. The lowest BCUT2D eigenvalue weighted by Crippen LogP contribution is -2.26. The van der Waals surface area contributed by atoms with Gasteiger partial charge in [-0.1, -0.05) is 6.07 Å². The molecule has 0 unspecified atom stereocenters. The average Bonchev–Trinajstić information content (AvgIpc) is 3.48. The van der Waals surface area contributed by atoms with E-state index in [1.807, 2.05) is 25.1 Å². The number of fused-ring (bicyclic) bond motifs is 1. The summed E-state index contributed by atoms with van der Waals surface area (Å²) < 4.78 is 7.61. The van der Waals surface area contributed by atoms with Crippen LogP contribution in [0.1, 0.15) is 35.2 Å². The highest BCUT2D eigenvalue weighted by Crippen LogP contribution is 2.23. The Morgan fingerprint density at radius 2 is 2.00 bits per heavy atom. The van der Waals surface area contributed by atoms with Gasteiger partial charge in [-0.15, -0.1) is 0 Å². The molecule has 5 rings (SSSR count). The van der Waals surface area contributed by atoms with Gasteiger partial charge in [0.05, 0.1) is 16.6 Å². The number of benzene rings is 2. The number of amides is 1. The van der Waals surface area contributed by atoms with Crippen LogP contribution < -0.4 is 15.6 Å². The zero-order valence-electron chi connectivity index (χ0n) is 17.8. The van der Waals surface area contributed by atoms with Gasteiger partial charge in [-0.2, -0.15) is 0 Å². The first kappa shape index (κ1) is 19.8. The second-order valence-corrected chi connectivity index (χ2v) is 8.64. The maximum Gasteiger partial charge on any atom is 0.265 e. The summed E-state index contributed by atoms with van der Waals surface area (Å²) >= 11 is 0. The number of hydrogen-bond donors (Lipinski definition) is 1. The SMILES string of the molecule is Cc1ccc(C(=O)NC2CC2)cc1-n1cnc2ccc(O[C@@H]3CCN(C)C3)cc2c1=O. The van der Waals surface area contributed by atoms with Gasteiger partial charge < -0.3 is 15.0 Å². The molecule has 3 aromatic rings. The standard InChI is InChI=1S/C24H26N4O3/c1-15-3-4-16(23(29)26-17-5-6-17)11-22(15)28-14-25-21-8-7-18(12-20(21)24(28)30)31-19-9-10-27(2)13-19/h3-4,7-8,11-12,14,17,19H,5-6,9-10,13H2,1-2H3,(H,26,29)/t19-/m1/s1. The van der Waals surface area contributed by atoms with Crippen molar-refractivity contribution in [1.29, 1.82) is 0 Å². The van der Waals surface area contributed by atoms with Crippen LogP contribution >= 0.6 is 0 Å². The minimum absolute atomic E-state index is 0.109. The molecule has 1 aliphatic carbocycles. The predicted octanol–water partition coefficient (Wildman–Crippen LogP) is 2.67. The molecule has 1 aromatic heterocycles. The van der Waals surface area contributed by atoms with Gasteiger partial charge in [-0.25, -0.2) is 4.98 Å². The molecule has 1 saturated carbocycles. The molecule has 31 heavy (non-hydrogen) atoms. The molecular formula is C24H26N4O3. The van der Waals surface area contributed by atoms with Crippen molar-refractivity contribution in [2.45, 2.75) is 38.3 Å². The van der Waals surface area contributed by atoms with Crippen LogP contribution in [-0.2, 0) is 0 Å². The molecule has 0 bridgehead atoms. The molecule has 2 fully saturated rings. The normalized spacial score (nSPS) is 19.0. The second-order valence-electron chi connectivity index (χ2n) is 8.64. The molecule has 1 aliphatic heterocycles. The second kappa shape index (κ2) is 7.81. The molecule has 1 saturated heterocycles. The summed E-state index contributed by atoms with van der Waals surface area (Å²) in [4.78, 5) is 32.5. The Morgan fingerprint density at radius 1 is 1.16 bits per heavy atom. The van der Waals surface area contributed by atoms with Crippen LogP contribution in [0.15, 0.2) is 47.5 Å². The Morgan fingerprint density at radius 3 is 2.74 bits per heavy atom. The number of likely N-dealkylation sites (N-methyl/N-ethyl adjacent to an activating group) is 1. The molecule has 2 heterocycles. The molecule has 1 amide bonds. The van der Waals surface area contributed by atoms with E-state index in [0.29, 0.717) is 27.9 Å². The fourth-order valence-electron chi connectivity index (χ4n) is 4.04. The lowest BCUT2D eigenvalue weighted by molar-refractivity contribution is 0.0951. The third-order valence-corrected chi connectivity index (χ3v) is 6.02. The quantitative estimate of drug-likeness (QED) is 0.689. The van der Waals surface area contributed by atoms with Crippen molar-refractivity contribution < 1.29 is 9.53 Å². The Bertz CT molecular complexity index is 1220. The Hall–Kier alpha value is -3.19. The number of nitrogens with one attached hydrogen (secondary N) is 1. The highest BCUT2D eigenvalue weighted by atomic mass is 16.5. The average molecular weight is 418 g/mol. The summed E-state index contributed by atoms with van der Waals surface area (Å²) in [5.74, 6) is 0.571. The van der Waals surface area contributed by atoms with E-state index < -0.39 is 0 Å². The maximum atomic E-state index is 13.4. The van der Waals surface area contributed by atoms with E-state index in [1.165, 1.54) is 10.9 Å². The number of rotatable bonds is 5. The number of nitrogens with zero attached hydrogens (tertiary/aromatic N) is 3. The molecule has 0 spiro atoms. The van der Waals surface area contributed by atoms with Crippen molar-refractivity contribution >= 4 is 16.8 Å². The van der Waals surface area contributed by atoms with E-state index in [2.05, 4.69) is 22.2 Å². The van der Waals surface area contributed by atoms with Crippen LogP contribution in [0.4, 0.5) is 0 Å². The number of aromatic nitrogens is 2. The lowest BCUT2D eigenvalue weighted by Gasteiger charge is -2.15. The van der Waals surface area contributed by atoms with Crippen LogP contribution in [-0.4, -0.2) is 52.6 Å². The highest BCUT2D eigenvalue weighted by Gasteiger charge is 2.24. The molecule has 0 radical (unpaired) electrons. The minimum Gasteiger partial charge on any atom is -0.489 e. The Labute approximate surface area is 180 Å². The van der Waals surface area contributed by atoms with Crippen molar-refractivity contribution in [3.8, 4) is 11.4 Å². The molecule has 2 aromatic carbocycles. The summed E-state index contributed by atoms with van der Waals surface area (Å²) in [7, 11) is 2.08. The van der Waals surface area contributed by atoms with Gasteiger partial charge in [0.15, 0.2) is 0 Å². The third-order valence-electron chi connectivity index (χ3n) is 6.02. The summed E-state index contributed by atoms with van der Waals surface area (Å²) in [6.45, 7) is 3.81. The molecule has 1 atom stereocenters. The molecular weight excluding hydrogens is 392 g/mol. The summed E-state index contributed by atoms with van der Waals surface area (Å²) in [5, 5.41) is 3.49. The minimum atomic E-state index is -0.179. The molecule has 7 nitrogen and oxygen atoms in total. The van der Waals surface area contributed by atoms with E-state index in [-0.39, 0.29) is 23.6 Å². The van der Waals surface area contributed by atoms with Crippen molar-refractivity contribution in [2.24, 2.45) is 0 Å². The van der Waals surface area contributed by atoms with Crippen LogP contribution in [0.5, 0.6) is 5.75 Å². The van der Waals surface area contributed by atoms with Crippen LogP contribution in [0.2, 0.25) is 0 Å². The number of carbonyl (C=O) groups is 1. The van der Waals surface area contributed by atoms with Gasteiger partial charge in [-0.3, -0.25) is 14.2 Å². The Balaban J connectivity index is 1.50. The number of aryl methyl sites for hydroxylation is 1. The van der Waals surface area contributed by atoms with E-state index in [9.17, 15) is 9.59 Å². The van der Waals surface area contributed by atoms with Crippen LogP contribution in [0.25, 0.3) is 16.6 Å². The van der Waals surface area contributed by atoms with Gasteiger partial charge in [0.2, 0.25) is 0 Å². The zero-order chi connectivity index (χ0) is 21.5. The van der Waals surface area contributed by atoms with Crippen molar-refractivity contribution in [1.82, 2.24) is 19.8 Å². The van der Waals surface area contributed by atoms with E-state index in [4.69, 9.17) is 4.74 Å². The van der Waals surface area contributed by atoms with Crippen molar-refractivity contribution in [2.75, 3.05) is 20.1 Å².